The van der Waals surface area contributed by atoms with Crippen LogP contribution in [0.4, 0.5) is 17.1 Å². The van der Waals surface area contributed by atoms with Crippen LogP contribution in [0.2, 0.25) is 0 Å². The van der Waals surface area contributed by atoms with E-state index in [1.165, 1.54) is 11.6 Å². The Morgan fingerprint density at radius 1 is 1.31 bits per heavy atom. The van der Waals surface area contributed by atoms with Crippen molar-refractivity contribution in [1.29, 1.82) is 0 Å². The Morgan fingerprint density at radius 2 is 2.08 bits per heavy atom. The standard InChI is InChI=1S/C19H19N3O4/c1-19(2)9-15(11-5-3-4-6-12(11)19)20-13-7-14-17(8-16(13)22(24)25)26-10-18(23)21-14/h3-8,15,20H,9-10H2,1-2H3,(H,21,23). The van der Waals surface area contributed by atoms with Crippen LogP contribution < -0.4 is 15.4 Å². The Bertz CT molecular complexity index is 923. The van der Waals surface area contributed by atoms with E-state index in [1.54, 1.807) is 6.07 Å². The third-order valence-electron chi connectivity index (χ3n) is 5.04. The molecule has 4 rings (SSSR count). The summed E-state index contributed by atoms with van der Waals surface area (Å²) < 4.78 is 5.30. The normalized spacial score (nSPS) is 19.8. The van der Waals surface area contributed by atoms with Crippen molar-refractivity contribution in [3.63, 3.8) is 0 Å². The topological polar surface area (TPSA) is 93.5 Å². The highest BCUT2D eigenvalue weighted by molar-refractivity contribution is 5.96. The smallest absolute Gasteiger partial charge is 0.296 e. The number of rotatable bonds is 3. The number of hydrogen-bond donors (Lipinski definition) is 2. The second-order valence-electron chi connectivity index (χ2n) is 7.33. The molecule has 0 radical (unpaired) electrons. The molecule has 7 heteroatoms. The maximum atomic E-state index is 11.6. The molecule has 26 heavy (non-hydrogen) atoms. The fraction of sp³-hybridized carbons (Fsp3) is 0.316. The van der Waals surface area contributed by atoms with E-state index in [4.69, 9.17) is 4.74 Å². The summed E-state index contributed by atoms with van der Waals surface area (Å²) in [6, 6.07) is 11.0. The van der Waals surface area contributed by atoms with E-state index in [1.807, 2.05) is 12.1 Å². The van der Waals surface area contributed by atoms with Crippen molar-refractivity contribution in [1.82, 2.24) is 0 Å². The van der Waals surface area contributed by atoms with Gasteiger partial charge in [-0.25, -0.2) is 0 Å². The van der Waals surface area contributed by atoms with Gasteiger partial charge in [-0.15, -0.1) is 0 Å². The molecule has 0 bridgehead atoms. The molecule has 0 saturated heterocycles. The zero-order valence-electron chi connectivity index (χ0n) is 14.5. The minimum atomic E-state index is -0.436. The summed E-state index contributed by atoms with van der Waals surface area (Å²) in [5.41, 5.74) is 3.12. The number of ether oxygens (including phenoxy) is 1. The minimum absolute atomic E-state index is 0.0193. The van der Waals surface area contributed by atoms with Crippen molar-refractivity contribution in [3.8, 4) is 5.75 Å². The molecule has 0 saturated carbocycles. The van der Waals surface area contributed by atoms with Crippen molar-refractivity contribution in [2.45, 2.75) is 31.7 Å². The predicted molar refractivity (Wildman–Crippen MR) is 97.7 cm³/mol. The lowest BCUT2D eigenvalue weighted by Crippen LogP contribution is -2.25. The first-order valence-corrected chi connectivity index (χ1v) is 8.46. The average Bonchev–Trinajstić information content (AvgIpc) is 2.85. The molecule has 1 unspecified atom stereocenters. The van der Waals surface area contributed by atoms with Gasteiger partial charge in [0.1, 0.15) is 5.69 Å². The van der Waals surface area contributed by atoms with Crippen molar-refractivity contribution < 1.29 is 14.5 Å². The second kappa shape index (κ2) is 5.72. The maximum absolute atomic E-state index is 11.6. The fourth-order valence-corrected chi connectivity index (χ4v) is 3.85. The molecule has 0 spiro atoms. The highest BCUT2D eigenvalue weighted by Gasteiger charge is 2.37. The SMILES string of the molecule is CC1(C)CC(Nc2cc3c(cc2[N+](=O)[O-])OCC(=O)N3)c2ccccc21. The molecule has 0 aromatic heterocycles. The molecule has 1 aliphatic carbocycles. The number of carbonyl (C=O) groups excluding carboxylic acids is 1. The number of nitrogens with zero attached hydrogens (tertiary/aromatic N) is 1. The number of benzene rings is 2. The van der Waals surface area contributed by atoms with Gasteiger partial charge in [0.05, 0.1) is 22.7 Å². The van der Waals surface area contributed by atoms with Gasteiger partial charge < -0.3 is 15.4 Å². The van der Waals surface area contributed by atoms with Gasteiger partial charge in [-0.05, 0) is 29.0 Å². The molecule has 1 atom stereocenters. The van der Waals surface area contributed by atoms with Crippen LogP contribution in [0.5, 0.6) is 5.75 Å². The molecule has 2 N–H and O–H groups in total. The number of anilines is 2. The first-order valence-electron chi connectivity index (χ1n) is 8.46. The molecule has 2 aromatic rings. The number of nitro groups is 1. The molecule has 1 aliphatic heterocycles. The lowest BCUT2D eigenvalue weighted by Gasteiger charge is -2.22. The zero-order chi connectivity index (χ0) is 18.5. The zero-order valence-corrected chi connectivity index (χ0v) is 14.5. The lowest BCUT2D eigenvalue weighted by molar-refractivity contribution is -0.384. The van der Waals surface area contributed by atoms with Gasteiger partial charge in [-0.3, -0.25) is 14.9 Å². The monoisotopic (exact) mass is 353 g/mol. The number of fused-ring (bicyclic) bond motifs is 2. The van der Waals surface area contributed by atoms with E-state index < -0.39 is 4.92 Å². The minimum Gasteiger partial charge on any atom is -0.481 e. The largest absolute Gasteiger partial charge is 0.481 e. The molecule has 2 aromatic carbocycles. The van der Waals surface area contributed by atoms with E-state index in [-0.39, 0.29) is 29.7 Å². The van der Waals surface area contributed by atoms with E-state index in [0.717, 1.165) is 12.0 Å². The van der Waals surface area contributed by atoms with Crippen LogP contribution >= 0.6 is 0 Å². The summed E-state index contributed by atoms with van der Waals surface area (Å²) in [5.74, 6) is 0.0404. The summed E-state index contributed by atoms with van der Waals surface area (Å²) in [5, 5.41) is 17.6. The van der Waals surface area contributed by atoms with Crippen LogP contribution in [0.25, 0.3) is 0 Å². The van der Waals surface area contributed by atoms with E-state index in [0.29, 0.717) is 17.1 Å². The van der Waals surface area contributed by atoms with Crippen molar-refractivity contribution >= 4 is 23.0 Å². The molecule has 1 heterocycles. The number of nitro benzene ring substituents is 1. The molecular weight excluding hydrogens is 334 g/mol. The van der Waals surface area contributed by atoms with Crippen LogP contribution in [0.1, 0.15) is 37.4 Å². The van der Waals surface area contributed by atoms with Crippen LogP contribution in [-0.4, -0.2) is 17.4 Å². The molecular formula is C19H19N3O4. The van der Waals surface area contributed by atoms with Gasteiger partial charge in [0.2, 0.25) is 0 Å². The predicted octanol–water partition coefficient (Wildman–Crippen LogP) is 3.76. The second-order valence-corrected chi connectivity index (χ2v) is 7.33. The van der Waals surface area contributed by atoms with Gasteiger partial charge in [-0.1, -0.05) is 38.1 Å². The van der Waals surface area contributed by atoms with Crippen LogP contribution in [-0.2, 0) is 10.2 Å². The molecule has 0 fully saturated rings. The third-order valence-corrected chi connectivity index (χ3v) is 5.04. The Morgan fingerprint density at radius 3 is 2.85 bits per heavy atom. The van der Waals surface area contributed by atoms with E-state index in [2.05, 4.69) is 36.6 Å². The quantitative estimate of drug-likeness (QED) is 0.647. The first kappa shape index (κ1) is 16.4. The van der Waals surface area contributed by atoms with Crippen LogP contribution in [0.15, 0.2) is 36.4 Å². The lowest BCUT2D eigenvalue weighted by atomic mass is 9.86. The summed E-state index contributed by atoms with van der Waals surface area (Å²) in [6.45, 7) is 4.20. The maximum Gasteiger partial charge on any atom is 0.296 e. The van der Waals surface area contributed by atoms with Crippen molar-refractivity contribution in [2.75, 3.05) is 17.2 Å². The summed E-state index contributed by atoms with van der Waals surface area (Å²) in [7, 11) is 0. The van der Waals surface area contributed by atoms with Gasteiger partial charge in [-0.2, -0.15) is 0 Å². The molecule has 134 valence electrons. The molecule has 7 nitrogen and oxygen atoms in total. The van der Waals surface area contributed by atoms with Crippen LogP contribution in [0.3, 0.4) is 0 Å². The van der Waals surface area contributed by atoms with Gasteiger partial charge >= 0.3 is 0 Å². The number of carbonyl (C=O) groups is 1. The van der Waals surface area contributed by atoms with Crippen molar-refractivity contribution in [3.05, 3.63) is 57.6 Å². The number of amides is 1. The van der Waals surface area contributed by atoms with E-state index >= 15 is 0 Å². The van der Waals surface area contributed by atoms with Gasteiger partial charge in [0, 0.05) is 0 Å². The average molecular weight is 353 g/mol. The van der Waals surface area contributed by atoms with Crippen LogP contribution in [0, 0.1) is 10.1 Å². The Labute approximate surface area is 150 Å². The highest BCUT2D eigenvalue weighted by atomic mass is 16.6. The third kappa shape index (κ3) is 2.65. The Hall–Kier alpha value is -3.09. The molecule has 2 aliphatic rings. The summed E-state index contributed by atoms with van der Waals surface area (Å²) in [4.78, 5) is 22.7. The number of hydrogen-bond acceptors (Lipinski definition) is 5. The van der Waals surface area contributed by atoms with E-state index in [9.17, 15) is 14.9 Å². The first-order chi connectivity index (χ1) is 12.3. The van der Waals surface area contributed by atoms with Crippen molar-refractivity contribution in [2.24, 2.45) is 0 Å². The Kier molecular flexibility index (Phi) is 3.61. The summed E-state index contributed by atoms with van der Waals surface area (Å²) >= 11 is 0. The fourth-order valence-electron chi connectivity index (χ4n) is 3.85. The van der Waals surface area contributed by atoms with Gasteiger partial charge in [0.15, 0.2) is 12.4 Å². The summed E-state index contributed by atoms with van der Waals surface area (Å²) in [6.07, 6.45) is 0.823. The van der Waals surface area contributed by atoms with Gasteiger partial charge in [0.25, 0.3) is 11.6 Å². The number of nitrogens with one attached hydrogen (secondary N) is 2. The molecule has 1 amide bonds. The highest BCUT2D eigenvalue weighted by Crippen LogP contribution is 2.47. The Balaban J connectivity index is 1.74.